The molecule has 6 heteroatoms. The number of aliphatic hydroxyl groups excluding tert-OH is 1. The van der Waals surface area contributed by atoms with Crippen LogP contribution in [0.4, 0.5) is 5.95 Å². The molecule has 2 atom stereocenters. The van der Waals surface area contributed by atoms with Crippen molar-refractivity contribution in [1.29, 1.82) is 0 Å². The van der Waals surface area contributed by atoms with Gasteiger partial charge in [0.1, 0.15) is 0 Å². The summed E-state index contributed by atoms with van der Waals surface area (Å²) in [6.45, 7) is 3.85. The Morgan fingerprint density at radius 2 is 2.38 bits per heavy atom. The Balaban J connectivity index is 2.11. The van der Waals surface area contributed by atoms with E-state index in [1.807, 2.05) is 18.9 Å². The van der Waals surface area contributed by atoms with E-state index in [1.54, 1.807) is 0 Å². The highest BCUT2D eigenvalue weighted by Crippen LogP contribution is 2.25. The van der Waals surface area contributed by atoms with Crippen LogP contribution in [0, 0.1) is 0 Å². The van der Waals surface area contributed by atoms with E-state index in [-0.39, 0.29) is 5.92 Å². The fourth-order valence-corrected chi connectivity index (χ4v) is 1.64. The number of hydrogen-bond donors (Lipinski definition) is 1. The van der Waals surface area contributed by atoms with Crippen LogP contribution in [-0.4, -0.2) is 48.2 Å². The molecule has 1 aliphatic heterocycles. The third-order valence-corrected chi connectivity index (χ3v) is 2.88. The summed E-state index contributed by atoms with van der Waals surface area (Å²) in [4.78, 5) is 6.14. The van der Waals surface area contributed by atoms with Gasteiger partial charge in [-0.2, -0.15) is 4.98 Å². The maximum Gasteiger partial charge on any atom is 0.265 e. The molecule has 1 aromatic rings. The van der Waals surface area contributed by atoms with Crippen LogP contribution in [0.1, 0.15) is 25.2 Å². The summed E-state index contributed by atoms with van der Waals surface area (Å²) in [6.07, 6.45) is 0.167. The number of aliphatic hydroxyl groups is 1. The normalized spacial score (nSPS) is 25.7. The zero-order valence-corrected chi connectivity index (χ0v) is 9.59. The molecule has 90 valence electrons. The lowest BCUT2D eigenvalue weighted by atomic mass is 9.99. The smallest absolute Gasteiger partial charge is 0.265 e. The summed E-state index contributed by atoms with van der Waals surface area (Å²) in [5.41, 5.74) is 0. The van der Waals surface area contributed by atoms with Gasteiger partial charge in [0.25, 0.3) is 5.95 Å². The van der Waals surface area contributed by atoms with Crippen molar-refractivity contribution in [3.63, 3.8) is 0 Å². The van der Waals surface area contributed by atoms with Gasteiger partial charge in [0.2, 0.25) is 5.89 Å². The molecule has 0 aromatic carbocycles. The van der Waals surface area contributed by atoms with Gasteiger partial charge in [-0.1, -0.05) is 0 Å². The van der Waals surface area contributed by atoms with Gasteiger partial charge in [0.15, 0.2) is 0 Å². The van der Waals surface area contributed by atoms with Crippen molar-refractivity contribution >= 4 is 5.95 Å². The molecule has 1 fully saturated rings. The zero-order valence-electron chi connectivity index (χ0n) is 9.59. The molecule has 2 heterocycles. The first-order valence-electron chi connectivity index (χ1n) is 5.53. The Kier molecular flexibility index (Phi) is 3.40. The van der Waals surface area contributed by atoms with Crippen molar-refractivity contribution in [2.24, 2.45) is 0 Å². The van der Waals surface area contributed by atoms with Crippen molar-refractivity contribution < 1.29 is 14.4 Å². The lowest BCUT2D eigenvalue weighted by Crippen LogP contribution is -2.30. The van der Waals surface area contributed by atoms with Gasteiger partial charge < -0.3 is 19.3 Å². The fraction of sp³-hybridized carbons (Fsp3) is 0.800. The van der Waals surface area contributed by atoms with E-state index in [2.05, 4.69) is 10.1 Å². The van der Waals surface area contributed by atoms with Crippen LogP contribution < -0.4 is 4.90 Å². The molecular weight excluding hydrogens is 210 g/mol. The van der Waals surface area contributed by atoms with E-state index in [0.717, 1.165) is 6.54 Å². The molecule has 0 saturated carbocycles. The lowest BCUT2D eigenvalue weighted by Gasteiger charge is -2.24. The maximum absolute atomic E-state index is 9.81. The van der Waals surface area contributed by atoms with Crippen molar-refractivity contribution in [3.05, 3.63) is 5.89 Å². The summed E-state index contributed by atoms with van der Waals surface area (Å²) >= 11 is 0. The third-order valence-electron chi connectivity index (χ3n) is 2.88. The van der Waals surface area contributed by atoms with Gasteiger partial charge in [0.05, 0.1) is 18.6 Å². The van der Waals surface area contributed by atoms with Gasteiger partial charge in [-0.3, -0.25) is 0 Å². The highest BCUT2D eigenvalue weighted by atomic mass is 16.5. The standard InChI is InChI=1S/C10H17N3O3/c1-3-13(2)10-11-9(16-12-10)7-6-15-5-4-8(7)14/h7-8,14H,3-6H2,1-2H3. The number of ether oxygens (including phenoxy) is 1. The summed E-state index contributed by atoms with van der Waals surface area (Å²) in [6, 6.07) is 0. The predicted octanol–water partition coefficient (Wildman–Crippen LogP) is 0.391. The van der Waals surface area contributed by atoms with E-state index in [1.165, 1.54) is 0 Å². The second-order valence-corrected chi connectivity index (χ2v) is 3.98. The van der Waals surface area contributed by atoms with Crippen LogP contribution in [0.5, 0.6) is 0 Å². The first-order valence-corrected chi connectivity index (χ1v) is 5.53. The van der Waals surface area contributed by atoms with Crippen molar-refractivity contribution in [2.75, 3.05) is 31.7 Å². The first-order chi connectivity index (χ1) is 7.72. The quantitative estimate of drug-likeness (QED) is 0.805. The first kappa shape index (κ1) is 11.3. The minimum Gasteiger partial charge on any atom is -0.392 e. The molecular formula is C10H17N3O3. The zero-order chi connectivity index (χ0) is 11.5. The summed E-state index contributed by atoms with van der Waals surface area (Å²) < 4.78 is 10.5. The number of nitrogens with zero attached hydrogens (tertiary/aromatic N) is 3. The van der Waals surface area contributed by atoms with Gasteiger partial charge in [-0.25, -0.2) is 0 Å². The van der Waals surface area contributed by atoms with Crippen molar-refractivity contribution in [1.82, 2.24) is 10.1 Å². The van der Waals surface area contributed by atoms with Crippen LogP contribution >= 0.6 is 0 Å². The monoisotopic (exact) mass is 227 g/mol. The Bertz CT molecular complexity index is 342. The van der Waals surface area contributed by atoms with E-state index < -0.39 is 6.10 Å². The Morgan fingerprint density at radius 3 is 3.06 bits per heavy atom. The number of rotatable bonds is 3. The van der Waals surface area contributed by atoms with E-state index >= 15 is 0 Å². The Morgan fingerprint density at radius 1 is 1.56 bits per heavy atom. The number of aromatic nitrogens is 2. The molecule has 16 heavy (non-hydrogen) atoms. The lowest BCUT2D eigenvalue weighted by molar-refractivity contribution is -0.0149. The average molecular weight is 227 g/mol. The van der Waals surface area contributed by atoms with Crippen LogP contribution in [0.2, 0.25) is 0 Å². The fourth-order valence-electron chi connectivity index (χ4n) is 1.64. The predicted molar refractivity (Wildman–Crippen MR) is 57.4 cm³/mol. The second kappa shape index (κ2) is 4.80. The SMILES string of the molecule is CCN(C)c1noc(C2COCCC2O)n1. The van der Waals surface area contributed by atoms with Crippen LogP contribution in [-0.2, 0) is 4.74 Å². The van der Waals surface area contributed by atoms with Crippen LogP contribution in [0.3, 0.4) is 0 Å². The Labute approximate surface area is 94.2 Å². The van der Waals surface area contributed by atoms with Crippen molar-refractivity contribution in [3.8, 4) is 0 Å². The molecule has 0 bridgehead atoms. The highest BCUT2D eigenvalue weighted by molar-refractivity contribution is 5.25. The van der Waals surface area contributed by atoms with Crippen LogP contribution in [0.15, 0.2) is 4.52 Å². The topological polar surface area (TPSA) is 71.6 Å². The summed E-state index contributed by atoms with van der Waals surface area (Å²) in [5, 5.41) is 13.7. The Hall–Kier alpha value is -1.14. The van der Waals surface area contributed by atoms with E-state index in [9.17, 15) is 5.11 Å². The maximum atomic E-state index is 9.81. The number of hydrogen-bond acceptors (Lipinski definition) is 6. The molecule has 0 amide bonds. The minimum absolute atomic E-state index is 0.194. The average Bonchev–Trinajstić information content (AvgIpc) is 2.78. The van der Waals surface area contributed by atoms with Gasteiger partial charge >= 0.3 is 0 Å². The molecule has 0 radical (unpaired) electrons. The van der Waals surface area contributed by atoms with E-state index in [0.29, 0.717) is 31.5 Å². The molecule has 2 unspecified atom stereocenters. The largest absolute Gasteiger partial charge is 0.392 e. The molecule has 0 aliphatic carbocycles. The second-order valence-electron chi connectivity index (χ2n) is 3.98. The molecule has 6 nitrogen and oxygen atoms in total. The number of anilines is 1. The van der Waals surface area contributed by atoms with Gasteiger partial charge in [-0.05, 0) is 18.5 Å². The molecule has 2 rings (SSSR count). The third kappa shape index (κ3) is 2.17. The summed E-state index contributed by atoms with van der Waals surface area (Å²) in [5.74, 6) is 0.818. The molecule has 1 N–H and O–H groups in total. The summed E-state index contributed by atoms with van der Waals surface area (Å²) in [7, 11) is 1.89. The highest BCUT2D eigenvalue weighted by Gasteiger charge is 2.30. The van der Waals surface area contributed by atoms with Crippen molar-refractivity contribution in [2.45, 2.75) is 25.4 Å². The van der Waals surface area contributed by atoms with Crippen LogP contribution in [0.25, 0.3) is 0 Å². The molecule has 1 saturated heterocycles. The van der Waals surface area contributed by atoms with Gasteiger partial charge in [-0.15, -0.1) is 0 Å². The molecule has 1 aromatic heterocycles. The van der Waals surface area contributed by atoms with E-state index in [4.69, 9.17) is 9.26 Å². The molecule has 0 spiro atoms. The molecule has 1 aliphatic rings. The minimum atomic E-state index is -0.450. The van der Waals surface area contributed by atoms with Gasteiger partial charge in [0, 0.05) is 20.2 Å².